The lowest BCUT2D eigenvalue weighted by Crippen LogP contribution is -2.35. The lowest BCUT2D eigenvalue weighted by molar-refractivity contribution is 0.0985. The Hall–Kier alpha value is -1.39. The summed E-state index contributed by atoms with van der Waals surface area (Å²) in [5.41, 5.74) is 4.48. The summed E-state index contributed by atoms with van der Waals surface area (Å²) in [7, 11) is 0. The highest BCUT2D eigenvalue weighted by Gasteiger charge is 2.24. The number of fused-ring (bicyclic) bond motifs is 1. The number of anilines is 1. The average molecular weight is 342 g/mol. The van der Waals surface area contributed by atoms with Crippen LogP contribution in [0.1, 0.15) is 32.5 Å². The maximum absolute atomic E-state index is 12.9. The number of aryl methyl sites for hydroxylation is 1. The van der Waals surface area contributed by atoms with Crippen LogP contribution in [-0.4, -0.2) is 24.0 Å². The van der Waals surface area contributed by atoms with Gasteiger partial charge in [0.15, 0.2) is 0 Å². The van der Waals surface area contributed by atoms with E-state index in [1.165, 1.54) is 22.6 Å². The largest absolute Gasteiger partial charge is 0.308 e. The Balaban J connectivity index is 1.57. The van der Waals surface area contributed by atoms with Gasteiger partial charge in [0.25, 0.3) is 5.91 Å². The number of thioether (sulfide) groups is 2. The lowest BCUT2D eigenvalue weighted by atomic mass is 10.0. The number of hydrogen-bond acceptors (Lipinski definition) is 3. The third-order valence-electron chi connectivity index (χ3n) is 4.41. The maximum atomic E-state index is 12.9. The van der Waals surface area contributed by atoms with E-state index in [4.69, 9.17) is 0 Å². The van der Waals surface area contributed by atoms with E-state index in [2.05, 4.69) is 30.3 Å². The third kappa shape index (κ3) is 3.02. The maximum Gasteiger partial charge on any atom is 0.258 e. The van der Waals surface area contributed by atoms with Gasteiger partial charge in [0, 0.05) is 29.3 Å². The quantitative estimate of drug-likeness (QED) is 0.785. The number of amides is 1. The molecule has 0 aliphatic carbocycles. The Labute approximate surface area is 145 Å². The molecule has 0 bridgehead atoms. The van der Waals surface area contributed by atoms with Crippen molar-refractivity contribution in [2.24, 2.45) is 0 Å². The lowest BCUT2D eigenvalue weighted by Gasteiger charge is -2.29. The highest BCUT2D eigenvalue weighted by Crippen LogP contribution is 2.45. The number of benzene rings is 2. The molecule has 4 rings (SSSR count). The fourth-order valence-electron chi connectivity index (χ4n) is 3.23. The Morgan fingerprint density at radius 3 is 2.52 bits per heavy atom. The minimum Gasteiger partial charge on any atom is -0.308 e. The van der Waals surface area contributed by atoms with Gasteiger partial charge in [-0.25, -0.2) is 0 Å². The topological polar surface area (TPSA) is 20.3 Å². The molecule has 118 valence electrons. The number of carbonyl (C=O) groups is 1. The zero-order valence-electron chi connectivity index (χ0n) is 12.9. The van der Waals surface area contributed by atoms with Crippen LogP contribution in [0.25, 0.3) is 0 Å². The molecule has 0 aromatic heterocycles. The second-order valence-electron chi connectivity index (χ2n) is 5.88. The summed E-state index contributed by atoms with van der Waals surface area (Å²) in [6.45, 7) is 0.811. The summed E-state index contributed by atoms with van der Waals surface area (Å²) in [4.78, 5) is 14.8. The zero-order chi connectivity index (χ0) is 15.6. The molecule has 2 aliphatic rings. The number of carbonyl (C=O) groups excluding carboxylic acids is 1. The molecule has 1 saturated heterocycles. The van der Waals surface area contributed by atoms with Crippen LogP contribution in [0.5, 0.6) is 0 Å². The Morgan fingerprint density at radius 1 is 1.00 bits per heavy atom. The van der Waals surface area contributed by atoms with E-state index in [1.54, 1.807) is 0 Å². The van der Waals surface area contributed by atoms with Gasteiger partial charge in [0.1, 0.15) is 0 Å². The monoisotopic (exact) mass is 341 g/mol. The predicted octanol–water partition coefficient (Wildman–Crippen LogP) is 4.76. The molecular weight excluding hydrogens is 322 g/mol. The van der Waals surface area contributed by atoms with Gasteiger partial charge in [-0.1, -0.05) is 30.3 Å². The number of para-hydroxylation sites is 1. The van der Waals surface area contributed by atoms with E-state index >= 15 is 0 Å². The summed E-state index contributed by atoms with van der Waals surface area (Å²) >= 11 is 3.99. The number of hydrogen-bond donors (Lipinski definition) is 0. The summed E-state index contributed by atoms with van der Waals surface area (Å²) in [6.07, 6.45) is 2.10. The molecular formula is C19H19NOS2. The molecule has 0 atom stereocenters. The molecule has 0 radical (unpaired) electrons. The Morgan fingerprint density at radius 2 is 1.74 bits per heavy atom. The van der Waals surface area contributed by atoms with E-state index < -0.39 is 0 Å². The minimum absolute atomic E-state index is 0.121. The Bertz CT molecular complexity index is 708. The van der Waals surface area contributed by atoms with Crippen molar-refractivity contribution in [2.75, 3.05) is 23.0 Å². The molecule has 0 spiro atoms. The van der Waals surface area contributed by atoms with Crippen molar-refractivity contribution in [3.05, 3.63) is 65.2 Å². The first-order chi connectivity index (χ1) is 11.3. The molecule has 1 amide bonds. The highest BCUT2D eigenvalue weighted by atomic mass is 32.2. The van der Waals surface area contributed by atoms with Crippen LogP contribution in [0, 0.1) is 0 Å². The predicted molar refractivity (Wildman–Crippen MR) is 101 cm³/mol. The van der Waals surface area contributed by atoms with E-state index in [-0.39, 0.29) is 5.91 Å². The van der Waals surface area contributed by atoms with Crippen LogP contribution in [0.3, 0.4) is 0 Å². The van der Waals surface area contributed by atoms with Crippen LogP contribution < -0.4 is 4.90 Å². The van der Waals surface area contributed by atoms with Gasteiger partial charge in [-0.2, -0.15) is 0 Å². The Kier molecular flexibility index (Phi) is 4.36. The van der Waals surface area contributed by atoms with Gasteiger partial charge in [-0.3, -0.25) is 4.79 Å². The van der Waals surface area contributed by atoms with Crippen LogP contribution in [0.2, 0.25) is 0 Å². The normalized spacial score (nSPS) is 18.0. The van der Waals surface area contributed by atoms with Crippen LogP contribution in [0.4, 0.5) is 5.69 Å². The van der Waals surface area contributed by atoms with Crippen molar-refractivity contribution >= 4 is 35.1 Å². The number of nitrogens with zero attached hydrogens (tertiary/aromatic N) is 1. The molecule has 2 aromatic rings. The molecule has 2 aromatic carbocycles. The fraction of sp³-hybridized carbons (Fsp3) is 0.316. The first-order valence-electron chi connectivity index (χ1n) is 8.06. The summed E-state index contributed by atoms with van der Waals surface area (Å²) in [6, 6.07) is 16.5. The van der Waals surface area contributed by atoms with Crippen molar-refractivity contribution in [3.63, 3.8) is 0 Å². The number of rotatable bonds is 2. The standard InChI is InChI=1S/C19H19NOS2/c21-18(20-11-3-5-14-4-1-2-6-17(14)20)15-7-9-16(10-8-15)19-22-12-13-23-19/h1-2,4,6-10,19H,3,5,11-13H2. The van der Waals surface area contributed by atoms with Gasteiger partial charge >= 0.3 is 0 Å². The summed E-state index contributed by atoms with van der Waals surface area (Å²) in [5.74, 6) is 2.57. The second-order valence-corrected chi connectivity index (χ2v) is 8.61. The smallest absolute Gasteiger partial charge is 0.258 e. The molecule has 0 N–H and O–H groups in total. The van der Waals surface area contributed by atoms with Gasteiger partial charge in [0.2, 0.25) is 0 Å². The first kappa shape index (κ1) is 15.2. The van der Waals surface area contributed by atoms with Gasteiger partial charge in [-0.15, -0.1) is 23.5 Å². The third-order valence-corrected chi connectivity index (χ3v) is 7.51. The van der Waals surface area contributed by atoms with Crippen LogP contribution in [-0.2, 0) is 6.42 Å². The summed E-state index contributed by atoms with van der Waals surface area (Å²) < 4.78 is 0.537. The molecule has 2 aliphatic heterocycles. The van der Waals surface area contributed by atoms with Gasteiger partial charge in [-0.05, 0) is 42.2 Å². The molecule has 0 unspecified atom stereocenters. The van der Waals surface area contributed by atoms with Crippen molar-refractivity contribution < 1.29 is 4.79 Å². The molecule has 23 heavy (non-hydrogen) atoms. The minimum atomic E-state index is 0.121. The van der Waals surface area contributed by atoms with Crippen molar-refractivity contribution in [2.45, 2.75) is 17.4 Å². The van der Waals surface area contributed by atoms with E-state index in [0.717, 1.165) is 30.6 Å². The summed E-state index contributed by atoms with van der Waals surface area (Å²) in [5, 5.41) is 0. The van der Waals surface area contributed by atoms with E-state index in [0.29, 0.717) is 4.58 Å². The fourth-order valence-corrected chi connectivity index (χ4v) is 6.09. The van der Waals surface area contributed by atoms with Crippen molar-refractivity contribution in [1.82, 2.24) is 0 Å². The molecule has 2 heterocycles. The van der Waals surface area contributed by atoms with E-state index in [1.807, 2.05) is 46.6 Å². The molecule has 4 heteroatoms. The SMILES string of the molecule is O=C(c1ccc(C2SCCS2)cc1)N1CCCc2ccccc21. The average Bonchev–Trinajstić information content (AvgIpc) is 3.15. The van der Waals surface area contributed by atoms with Crippen LogP contribution in [0.15, 0.2) is 48.5 Å². The van der Waals surface area contributed by atoms with Crippen LogP contribution >= 0.6 is 23.5 Å². The van der Waals surface area contributed by atoms with Crippen molar-refractivity contribution in [1.29, 1.82) is 0 Å². The van der Waals surface area contributed by atoms with Gasteiger partial charge < -0.3 is 4.90 Å². The molecule has 2 nitrogen and oxygen atoms in total. The molecule has 1 fully saturated rings. The van der Waals surface area contributed by atoms with E-state index in [9.17, 15) is 4.79 Å². The second kappa shape index (κ2) is 6.62. The first-order valence-corrected chi connectivity index (χ1v) is 10.2. The highest BCUT2D eigenvalue weighted by molar-refractivity contribution is 8.19. The molecule has 0 saturated carbocycles. The van der Waals surface area contributed by atoms with Gasteiger partial charge in [0.05, 0.1) is 4.58 Å². The van der Waals surface area contributed by atoms with Crippen molar-refractivity contribution in [3.8, 4) is 0 Å². The zero-order valence-corrected chi connectivity index (χ0v) is 14.5.